The van der Waals surface area contributed by atoms with Crippen LogP contribution in [-0.2, 0) is 4.74 Å². The van der Waals surface area contributed by atoms with Crippen LogP contribution >= 0.6 is 11.6 Å². The van der Waals surface area contributed by atoms with E-state index in [0.29, 0.717) is 16.2 Å². The molecule has 0 unspecified atom stereocenters. The average Bonchev–Trinajstić information content (AvgIpc) is 3.21. The SMILES string of the molecule is CC(C)CCC[C@@H](C)[C@H]1CC[C@@H]2[C@@H]3CC=C4C[C@@H](OC(=O)Oc5cccc(Cl)c5)CC[C@]4(C)[C@H]3CC[C@@]21C. The van der Waals surface area contributed by atoms with Crippen LogP contribution in [0.5, 0.6) is 5.75 Å². The highest BCUT2D eigenvalue weighted by Crippen LogP contribution is 2.67. The van der Waals surface area contributed by atoms with Crippen LogP contribution in [0.2, 0.25) is 5.02 Å². The Hall–Kier alpha value is -1.48. The fraction of sp³-hybridized carbons (Fsp3) is 0.735. The van der Waals surface area contributed by atoms with Crippen molar-refractivity contribution in [3.8, 4) is 5.75 Å². The van der Waals surface area contributed by atoms with E-state index in [2.05, 4.69) is 40.7 Å². The summed E-state index contributed by atoms with van der Waals surface area (Å²) >= 11 is 6.02. The molecule has 4 heteroatoms. The molecule has 4 aliphatic carbocycles. The number of allylic oxidation sites excluding steroid dienone is 1. The lowest BCUT2D eigenvalue weighted by atomic mass is 9.47. The highest BCUT2D eigenvalue weighted by Gasteiger charge is 2.59. The molecule has 0 saturated heterocycles. The third-order valence-corrected chi connectivity index (χ3v) is 11.8. The summed E-state index contributed by atoms with van der Waals surface area (Å²) in [5.74, 6) is 5.46. The van der Waals surface area contributed by atoms with Crippen LogP contribution in [0.15, 0.2) is 35.9 Å². The standard InChI is InChI=1S/C34H49ClO3/c1-22(2)8-6-9-23(3)29-14-15-30-28-13-12-24-20-27(38-32(36)37-26-11-7-10-25(35)21-26)16-18-33(24,4)31(28)17-19-34(29,30)5/h7,10-12,21-23,27-31H,6,8-9,13-20H2,1-5H3/t23-,27+,28+,29-,30-,31+,33+,34-/m1/s1. The summed E-state index contributed by atoms with van der Waals surface area (Å²) in [7, 11) is 0. The number of hydrogen-bond acceptors (Lipinski definition) is 3. The Bertz CT molecular complexity index is 1030. The van der Waals surface area contributed by atoms with E-state index in [1.165, 1.54) is 56.9 Å². The molecular formula is C34H49ClO3. The van der Waals surface area contributed by atoms with E-state index in [0.717, 1.165) is 54.8 Å². The third-order valence-electron chi connectivity index (χ3n) is 11.5. The highest BCUT2D eigenvalue weighted by atomic mass is 35.5. The number of rotatable bonds is 7. The van der Waals surface area contributed by atoms with Crippen molar-refractivity contribution in [2.75, 3.05) is 0 Å². The van der Waals surface area contributed by atoms with Gasteiger partial charge in [-0.25, -0.2) is 4.79 Å². The average molecular weight is 541 g/mol. The molecule has 0 aliphatic heterocycles. The van der Waals surface area contributed by atoms with Gasteiger partial charge in [0.2, 0.25) is 0 Å². The number of carbonyl (C=O) groups excluding carboxylic acids is 1. The molecule has 3 fully saturated rings. The lowest BCUT2D eigenvalue weighted by molar-refractivity contribution is -0.0597. The maximum atomic E-state index is 12.5. The van der Waals surface area contributed by atoms with Crippen LogP contribution in [-0.4, -0.2) is 12.3 Å². The summed E-state index contributed by atoms with van der Waals surface area (Å²) in [5.41, 5.74) is 2.30. The number of benzene rings is 1. The number of halogens is 1. The normalized spacial score (nSPS) is 37.0. The molecule has 8 atom stereocenters. The minimum Gasteiger partial charge on any atom is -0.430 e. The van der Waals surface area contributed by atoms with Crippen molar-refractivity contribution in [3.05, 3.63) is 40.9 Å². The fourth-order valence-corrected chi connectivity index (χ4v) is 9.72. The van der Waals surface area contributed by atoms with E-state index in [9.17, 15) is 4.79 Å². The van der Waals surface area contributed by atoms with E-state index in [1.807, 2.05) is 0 Å². The Kier molecular flexibility index (Phi) is 8.26. The monoisotopic (exact) mass is 540 g/mol. The molecule has 0 spiro atoms. The molecule has 0 radical (unpaired) electrons. The Balaban J connectivity index is 1.22. The van der Waals surface area contributed by atoms with E-state index in [4.69, 9.17) is 21.1 Å². The van der Waals surface area contributed by atoms with Gasteiger partial charge in [0.05, 0.1) is 0 Å². The Morgan fingerprint density at radius 2 is 1.87 bits per heavy atom. The zero-order valence-corrected chi connectivity index (χ0v) is 25.1. The van der Waals surface area contributed by atoms with Crippen molar-refractivity contribution in [1.29, 1.82) is 0 Å². The molecule has 4 aliphatic rings. The second-order valence-electron chi connectivity index (χ2n) is 14.1. The van der Waals surface area contributed by atoms with Crippen molar-refractivity contribution in [2.24, 2.45) is 46.3 Å². The van der Waals surface area contributed by atoms with Crippen LogP contribution in [0.25, 0.3) is 0 Å². The summed E-state index contributed by atoms with van der Waals surface area (Å²) in [6.45, 7) is 12.5. The van der Waals surface area contributed by atoms with Crippen molar-refractivity contribution in [1.82, 2.24) is 0 Å². The van der Waals surface area contributed by atoms with Gasteiger partial charge in [0.1, 0.15) is 11.9 Å². The van der Waals surface area contributed by atoms with Crippen LogP contribution < -0.4 is 4.74 Å². The van der Waals surface area contributed by atoms with E-state index < -0.39 is 6.16 Å². The molecule has 0 amide bonds. The predicted octanol–water partition coefficient (Wildman–Crippen LogP) is 10.3. The van der Waals surface area contributed by atoms with Crippen LogP contribution in [0.1, 0.15) is 105 Å². The van der Waals surface area contributed by atoms with Gasteiger partial charge < -0.3 is 9.47 Å². The molecule has 3 nitrogen and oxygen atoms in total. The number of ether oxygens (including phenoxy) is 2. The van der Waals surface area contributed by atoms with Crippen molar-refractivity contribution < 1.29 is 14.3 Å². The topological polar surface area (TPSA) is 35.5 Å². The van der Waals surface area contributed by atoms with Crippen molar-refractivity contribution >= 4 is 17.8 Å². The Labute approximate surface area is 236 Å². The number of fused-ring (bicyclic) bond motifs is 5. The molecule has 5 rings (SSSR count). The molecular weight excluding hydrogens is 492 g/mol. The van der Waals surface area contributed by atoms with Gasteiger partial charge >= 0.3 is 6.16 Å². The van der Waals surface area contributed by atoms with Gasteiger partial charge in [0.25, 0.3) is 0 Å². The predicted molar refractivity (Wildman–Crippen MR) is 155 cm³/mol. The zero-order chi connectivity index (χ0) is 27.1. The van der Waals surface area contributed by atoms with Crippen LogP contribution in [0.3, 0.4) is 0 Å². The summed E-state index contributed by atoms with van der Waals surface area (Å²) in [6.07, 6.45) is 15.7. The molecule has 1 aromatic rings. The first-order valence-electron chi connectivity index (χ1n) is 15.4. The molecule has 3 saturated carbocycles. The molecule has 210 valence electrons. The lowest BCUT2D eigenvalue weighted by Crippen LogP contribution is -2.51. The van der Waals surface area contributed by atoms with Gasteiger partial charge in [-0.1, -0.05) is 83.2 Å². The summed E-state index contributed by atoms with van der Waals surface area (Å²) in [4.78, 5) is 12.5. The first-order chi connectivity index (χ1) is 18.1. The summed E-state index contributed by atoms with van der Waals surface area (Å²) in [6, 6.07) is 6.90. The fourth-order valence-electron chi connectivity index (χ4n) is 9.54. The molecule has 0 N–H and O–H groups in total. The van der Waals surface area contributed by atoms with Crippen molar-refractivity contribution in [2.45, 2.75) is 111 Å². The minimum atomic E-state index is -0.622. The van der Waals surface area contributed by atoms with Gasteiger partial charge in [-0.05, 0) is 109 Å². The largest absolute Gasteiger partial charge is 0.514 e. The van der Waals surface area contributed by atoms with Crippen LogP contribution in [0.4, 0.5) is 4.79 Å². The van der Waals surface area contributed by atoms with Gasteiger partial charge in [-0.2, -0.15) is 0 Å². The lowest BCUT2D eigenvalue weighted by Gasteiger charge is -2.58. The van der Waals surface area contributed by atoms with Crippen molar-refractivity contribution in [3.63, 3.8) is 0 Å². The first kappa shape index (κ1) is 28.1. The minimum absolute atomic E-state index is 0.103. The van der Waals surface area contributed by atoms with E-state index in [-0.39, 0.29) is 11.5 Å². The van der Waals surface area contributed by atoms with Crippen LogP contribution in [0, 0.1) is 46.3 Å². The maximum Gasteiger partial charge on any atom is 0.514 e. The third kappa shape index (κ3) is 5.43. The Morgan fingerprint density at radius 1 is 1.05 bits per heavy atom. The molecule has 38 heavy (non-hydrogen) atoms. The second kappa shape index (κ2) is 11.2. The van der Waals surface area contributed by atoms with Gasteiger partial charge in [0, 0.05) is 11.4 Å². The second-order valence-corrected chi connectivity index (χ2v) is 14.5. The number of carbonyl (C=O) groups is 1. The maximum absolute atomic E-state index is 12.5. The van der Waals surface area contributed by atoms with E-state index in [1.54, 1.807) is 24.3 Å². The number of hydrogen-bond donors (Lipinski definition) is 0. The van der Waals surface area contributed by atoms with E-state index >= 15 is 0 Å². The molecule has 0 heterocycles. The van der Waals surface area contributed by atoms with Gasteiger partial charge in [0.15, 0.2) is 0 Å². The first-order valence-corrected chi connectivity index (χ1v) is 15.8. The zero-order valence-electron chi connectivity index (χ0n) is 24.3. The quantitative estimate of drug-likeness (QED) is 0.196. The molecule has 0 aromatic heterocycles. The Morgan fingerprint density at radius 3 is 2.63 bits per heavy atom. The molecule has 0 bridgehead atoms. The van der Waals surface area contributed by atoms with Gasteiger partial charge in [-0.3, -0.25) is 0 Å². The summed E-state index contributed by atoms with van der Waals surface area (Å²) in [5, 5.41) is 0.545. The van der Waals surface area contributed by atoms with Gasteiger partial charge in [-0.15, -0.1) is 0 Å². The summed E-state index contributed by atoms with van der Waals surface area (Å²) < 4.78 is 11.2. The smallest absolute Gasteiger partial charge is 0.430 e. The highest BCUT2D eigenvalue weighted by molar-refractivity contribution is 6.30. The molecule has 1 aromatic carbocycles.